The van der Waals surface area contributed by atoms with Crippen molar-refractivity contribution in [2.45, 2.75) is 40.5 Å². The molecule has 0 amide bonds. The summed E-state index contributed by atoms with van der Waals surface area (Å²) in [6, 6.07) is 0. The topological polar surface area (TPSA) is 20.2 Å². The zero-order valence-corrected chi connectivity index (χ0v) is 11.0. The molecular weight excluding hydrogens is 196 g/mol. The van der Waals surface area contributed by atoms with Crippen LogP contribution in [0.15, 0.2) is 35.5 Å². The van der Waals surface area contributed by atoms with Crippen LogP contribution in [-0.4, -0.2) is 11.7 Å². The molecule has 0 spiro atoms. The lowest BCUT2D eigenvalue weighted by Gasteiger charge is -2.30. The summed E-state index contributed by atoms with van der Waals surface area (Å²) in [5, 5.41) is 9.18. The summed E-state index contributed by atoms with van der Waals surface area (Å²) < 4.78 is 0. The molecule has 1 unspecified atom stereocenters. The van der Waals surface area contributed by atoms with Crippen LogP contribution in [0, 0.1) is 11.3 Å². The van der Waals surface area contributed by atoms with Gasteiger partial charge in [0.25, 0.3) is 0 Å². The molecule has 0 saturated heterocycles. The smallest absolute Gasteiger partial charge is 0.0644 e. The van der Waals surface area contributed by atoms with Crippen LogP contribution >= 0.6 is 0 Å². The van der Waals surface area contributed by atoms with Gasteiger partial charge in [0.05, 0.1) is 6.61 Å². The lowest BCUT2D eigenvalue weighted by molar-refractivity contribution is 0.324. The van der Waals surface area contributed by atoms with Crippen LogP contribution in [0.1, 0.15) is 40.5 Å². The second-order valence-corrected chi connectivity index (χ2v) is 5.29. The summed E-state index contributed by atoms with van der Waals surface area (Å²) in [5.41, 5.74) is 3.89. The Labute approximate surface area is 99.6 Å². The van der Waals surface area contributed by atoms with Gasteiger partial charge in [-0.15, -0.1) is 0 Å². The quantitative estimate of drug-likeness (QED) is 0.563. The maximum Gasteiger partial charge on any atom is 0.0644 e. The van der Waals surface area contributed by atoms with Crippen LogP contribution in [0.4, 0.5) is 0 Å². The summed E-state index contributed by atoms with van der Waals surface area (Å²) in [4.78, 5) is 0. The Bertz CT molecular complexity index is 325. The molecule has 1 aliphatic rings. The molecule has 1 heteroatoms. The predicted molar refractivity (Wildman–Crippen MR) is 70.2 cm³/mol. The number of allylic oxidation sites excluding steroid dienone is 4. The fourth-order valence-electron chi connectivity index (χ4n) is 2.36. The Hall–Kier alpha value is -0.820. The van der Waals surface area contributed by atoms with Crippen LogP contribution in [0.5, 0.6) is 0 Å². The van der Waals surface area contributed by atoms with E-state index in [0.717, 1.165) is 24.0 Å². The fraction of sp³-hybridized carbons (Fsp3) is 0.600. The van der Waals surface area contributed by atoms with Crippen molar-refractivity contribution in [3.63, 3.8) is 0 Å². The van der Waals surface area contributed by atoms with E-state index >= 15 is 0 Å². The van der Waals surface area contributed by atoms with Crippen molar-refractivity contribution in [3.8, 4) is 0 Å². The first-order valence-corrected chi connectivity index (χ1v) is 6.09. The van der Waals surface area contributed by atoms with E-state index in [1.807, 2.05) is 0 Å². The number of aliphatic hydroxyl groups is 1. The van der Waals surface area contributed by atoms with Gasteiger partial charge in [0.2, 0.25) is 0 Å². The lowest BCUT2D eigenvalue weighted by Crippen LogP contribution is -2.21. The van der Waals surface area contributed by atoms with Crippen molar-refractivity contribution in [2.24, 2.45) is 11.3 Å². The van der Waals surface area contributed by atoms with Crippen LogP contribution in [-0.2, 0) is 0 Å². The molecule has 0 fully saturated rings. The highest BCUT2D eigenvalue weighted by atomic mass is 16.3. The van der Waals surface area contributed by atoms with Gasteiger partial charge in [0, 0.05) is 0 Å². The van der Waals surface area contributed by atoms with Crippen LogP contribution in [0.2, 0.25) is 0 Å². The van der Waals surface area contributed by atoms with E-state index in [1.165, 1.54) is 5.57 Å². The van der Waals surface area contributed by atoms with E-state index in [4.69, 9.17) is 0 Å². The molecule has 0 aromatic rings. The first kappa shape index (κ1) is 13.2. The molecule has 0 aromatic carbocycles. The molecule has 16 heavy (non-hydrogen) atoms. The van der Waals surface area contributed by atoms with Gasteiger partial charge in [-0.05, 0) is 36.7 Å². The Morgan fingerprint density at radius 3 is 2.62 bits per heavy atom. The zero-order valence-electron chi connectivity index (χ0n) is 11.0. The van der Waals surface area contributed by atoms with Crippen molar-refractivity contribution in [1.29, 1.82) is 0 Å². The maximum absolute atomic E-state index is 9.18. The molecule has 1 aliphatic carbocycles. The van der Waals surface area contributed by atoms with Gasteiger partial charge in [-0.25, -0.2) is 0 Å². The minimum atomic E-state index is 0.148. The van der Waals surface area contributed by atoms with Crippen molar-refractivity contribution in [1.82, 2.24) is 0 Å². The molecule has 1 atom stereocenters. The molecule has 0 radical (unpaired) electrons. The minimum absolute atomic E-state index is 0.148. The molecule has 1 N–H and O–H groups in total. The molecular formula is C15H24O. The number of hydrogen-bond acceptors (Lipinski definition) is 1. The van der Waals surface area contributed by atoms with Crippen LogP contribution < -0.4 is 0 Å². The van der Waals surface area contributed by atoms with Gasteiger partial charge in [-0.2, -0.15) is 0 Å². The maximum atomic E-state index is 9.18. The minimum Gasteiger partial charge on any atom is -0.392 e. The van der Waals surface area contributed by atoms with Gasteiger partial charge >= 0.3 is 0 Å². The Morgan fingerprint density at radius 1 is 1.62 bits per heavy atom. The van der Waals surface area contributed by atoms with Crippen molar-refractivity contribution in [3.05, 3.63) is 35.5 Å². The summed E-state index contributed by atoms with van der Waals surface area (Å²) in [7, 11) is 0. The van der Waals surface area contributed by atoms with Gasteiger partial charge in [-0.1, -0.05) is 50.6 Å². The average molecular weight is 220 g/mol. The molecule has 90 valence electrons. The van der Waals surface area contributed by atoms with E-state index in [1.54, 1.807) is 0 Å². The van der Waals surface area contributed by atoms with Crippen LogP contribution in [0.3, 0.4) is 0 Å². The zero-order chi connectivity index (χ0) is 12.3. The van der Waals surface area contributed by atoms with E-state index in [0.29, 0.717) is 5.92 Å². The van der Waals surface area contributed by atoms with Gasteiger partial charge in [0.1, 0.15) is 0 Å². The number of aliphatic hydroxyl groups excluding tert-OH is 1. The Morgan fingerprint density at radius 2 is 2.25 bits per heavy atom. The van der Waals surface area contributed by atoms with E-state index < -0.39 is 0 Å². The van der Waals surface area contributed by atoms with Gasteiger partial charge < -0.3 is 5.11 Å². The second kappa shape index (κ2) is 5.01. The standard InChI is InChI=1S/C15H24O/c1-6-13(10-16)9-11(2)14-8-7-12(3)15(14,4)5/h7,9,14,16H,2,6,8,10H2,1,3-5H3/b13-9+. The van der Waals surface area contributed by atoms with Gasteiger partial charge in [-0.3, -0.25) is 0 Å². The highest BCUT2D eigenvalue weighted by molar-refractivity contribution is 5.32. The summed E-state index contributed by atoms with van der Waals surface area (Å²) in [5.74, 6) is 0.487. The first-order valence-electron chi connectivity index (χ1n) is 6.09. The average Bonchev–Trinajstić information content (AvgIpc) is 2.50. The third-order valence-corrected chi connectivity index (χ3v) is 4.04. The van der Waals surface area contributed by atoms with Gasteiger partial charge in [0.15, 0.2) is 0 Å². The second-order valence-electron chi connectivity index (χ2n) is 5.29. The molecule has 0 heterocycles. The SMILES string of the molecule is C=C(/C=C(\CC)CO)C1CC=C(C)C1(C)C. The molecule has 0 saturated carbocycles. The Balaban J connectivity index is 2.82. The summed E-state index contributed by atoms with van der Waals surface area (Å²) in [6.45, 7) is 13.2. The highest BCUT2D eigenvalue weighted by Crippen LogP contribution is 2.46. The third kappa shape index (κ3) is 2.46. The third-order valence-electron chi connectivity index (χ3n) is 4.04. The normalized spacial score (nSPS) is 24.4. The van der Waals surface area contributed by atoms with Crippen molar-refractivity contribution in [2.75, 3.05) is 6.61 Å². The van der Waals surface area contributed by atoms with Crippen LogP contribution in [0.25, 0.3) is 0 Å². The number of hydrogen-bond donors (Lipinski definition) is 1. The predicted octanol–water partition coefficient (Wildman–Crippen LogP) is 3.86. The molecule has 1 rings (SSSR count). The molecule has 0 bridgehead atoms. The molecule has 1 nitrogen and oxygen atoms in total. The monoisotopic (exact) mass is 220 g/mol. The Kier molecular flexibility index (Phi) is 4.15. The largest absolute Gasteiger partial charge is 0.392 e. The summed E-state index contributed by atoms with van der Waals surface area (Å²) >= 11 is 0. The lowest BCUT2D eigenvalue weighted by atomic mass is 9.74. The van der Waals surface area contributed by atoms with E-state index in [2.05, 4.69) is 46.4 Å². The molecule has 0 aromatic heterocycles. The summed E-state index contributed by atoms with van der Waals surface area (Å²) in [6.07, 6.45) is 6.37. The van der Waals surface area contributed by atoms with Crippen molar-refractivity contribution >= 4 is 0 Å². The van der Waals surface area contributed by atoms with Crippen molar-refractivity contribution < 1.29 is 5.11 Å². The van der Waals surface area contributed by atoms with E-state index in [-0.39, 0.29) is 12.0 Å². The highest BCUT2D eigenvalue weighted by Gasteiger charge is 2.35. The molecule has 0 aliphatic heterocycles. The first-order chi connectivity index (χ1) is 7.43. The van der Waals surface area contributed by atoms with E-state index in [9.17, 15) is 5.11 Å². The number of rotatable bonds is 4. The fourth-order valence-corrected chi connectivity index (χ4v) is 2.36.